The van der Waals surface area contributed by atoms with Crippen LogP contribution in [0.4, 0.5) is 4.79 Å². The number of rotatable bonds is 7. The SMILES string of the molecule is CCOc1cc(/C=N/NC(=O)OC)cc(Br)c1OCc1ccccc1Cl. The molecule has 0 aliphatic heterocycles. The maximum atomic E-state index is 11.0. The molecule has 0 spiro atoms. The molecule has 0 radical (unpaired) electrons. The molecule has 0 aromatic heterocycles. The highest BCUT2D eigenvalue weighted by atomic mass is 79.9. The molecular weight excluding hydrogens is 424 g/mol. The number of halogens is 2. The van der Waals surface area contributed by atoms with Crippen molar-refractivity contribution in [2.24, 2.45) is 5.10 Å². The summed E-state index contributed by atoms with van der Waals surface area (Å²) in [4.78, 5) is 11.0. The quantitative estimate of drug-likeness (QED) is 0.496. The number of carbonyl (C=O) groups is 1. The van der Waals surface area contributed by atoms with Gasteiger partial charge in [0.2, 0.25) is 0 Å². The number of ether oxygens (including phenoxy) is 3. The minimum atomic E-state index is -0.648. The molecule has 0 saturated carbocycles. The summed E-state index contributed by atoms with van der Waals surface area (Å²) in [5.41, 5.74) is 3.81. The van der Waals surface area contributed by atoms with Gasteiger partial charge in [0.25, 0.3) is 0 Å². The van der Waals surface area contributed by atoms with Crippen LogP contribution in [0.15, 0.2) is 46.0 Å². The molecule has 0 atom stereocenters. The van der Waals surface area contributed by atoms with Crippen LogP contribution in [-0.4, -0.2) is 26.0 Å². The van der Waals surface area contributed by atoms with Crippen molar-refractivity contribution in [2.45, 2.75) is 13.5 Å². The molecule has 6 nitrogen and oxygen atoms in total. The molecule has 2 aromatic rings. The molecule has 0 unspecified atom stereocenters. The van der Waals surface area contributed by atoms with Gasteiger partial charge in [0.05, 0.1) is 24.4 Å². The van der Waals surface area contributed by atoms with Crippen LogP contribution in [0.25, 0.3) is 0 Å². The summed E-state index contributed by atoms with van der Waals surface area (Å²) in [5, 5.41) is 4.44. The number of nitrogens with one attached hydrogen (secondary N) is 1. The van der Waals surface area contributed by atoms with E-state index in [0.717, 1.165) is 5.56 Å². The summed E-state index contributed by atoms with van der Waals surface area (Å²) in [7, 11) is 1.26. The predicted molar refractivity (Wildman–Crippen MR) is 104 cm³/mol. The van der Waals surface area contributed by atoms with Crippen LogP contribution in [0, 0.1) is 0 Å². The number of hydrazone groups is 1. The highest BCUT2D eigenvalue weighted by molar-refractivity contribution is 9.10. The Hall–Kier alpha value is -2.25. The van der Waals surface area contributed by atoms with Crippen molar-refractivity contribution in [3.8, 4) is 11.5 Å². The van der Waals surface area contributed by atoms with Crippen molar-refractivity contribution in [3.63, 3.8) is 0 Å². The Balaban J connectivity index is 2.20. The minimum absolute atomic E-state index is 0.301. The van der Waals surface area contributed by atoms with Crippen molar-refractivity contribution < 1.29 is 19.0 Å². The molecule has 26 heavy (non-hydrogen) atoms. The first kappa shape index (κ1) is 20.1. The van der Waals surface area contributed by atoms with Gasteiger partial charge in [-0.05, 0) is 46.6 Å². The largest absolute Gasteiger partial charge is 0.490 e. The molecule has 0 heterocycles. The van der Waals surface area contributed by atoms with Crippen LogP contribution in [0.2, 0.25) is 5.02 Å². The number of carbonyl (C=O) groups excluding carboxylic acids is 1. The van der Waals surface area contributed by atoms with Crippen molar-refractivity contribution in [1.82, 2.24) is 5.43 Å². The number of hydrogen-bond acceptors (Lipinski definition) is 5. The molecule has 1 amide bonds. The summed E-state index contributed by atoms with van der Waals surface area (Å²) in [6.45, 7) is 2.65. The van der Waals surface area contributed by atoms with Crippen LogP contribution in [-0.2, 0) is 11.3 Å². The number of nitrogens with zero attached hydrogens (tertiary/aromatic N) is 1. The maximum absolute atomic E-state index is 11.0. The van der Waals surface area contributed by atoms with Crippen molar-refractivity contribution in [2.75, 3.05) is 13.7 Å². The molecule has 1 N–H and O–H groups in total. The third kappa shape index (κ3) is 5.64. The number of benzene rings is 2. The molecule has 0 aliphatic rings. The first-order valence-corrected chi connectivity index (χ1v) is 8.91. The smallest absolute Gasteiger partial charge is 0.427 e. The lowest BCUT2D eigenvalue weighted by atomic mass is 10.2. The van der Waals surface area contributed by atoms with Crippen molar-refractivity contribution >= 4 is 39.8 Å². The average molecular weight is 442 g/mol. The lowest BCUT2D eigenvalue weighted by molar-refractivity contribution is 0.171. The first-order chi connectivity index (χ1) is 12.5. The lowest BCUT2D eigenvalue weighted by Crippen LogP contribution is -2.16. The molecule has 2 aromatic carbocycles. The molecule has 0 bridgehead atoms. The molecular formula is C18H18BrClN2O4. The fraction of sp³-hybridized carbons (Fsp3) is 0.222. The first-order valence-electron chi connectivity index (χ1n) is 7.74. The third-order valence-electron chi connectivity index (χ3n) is 3.22. The van der Waals surface area contributed by atoms with E-state index in [9.17, 15) is 4.79 Å². The van der Waals surface area contributed by atoms with Crippen molar-refractivity contribution in [3.05, 3.63) is 57.0 Å². The molecule has 2 rings (SSSR count). The second-order valence-corrected chi connectivity index (χ2v) is 6.27. The van der Waals surface area contributed by atoms with E-state index in [2.05, 4.69) is 31.2 Å². The fourth-order valence-electron chi connectivity index (χ4n) is 2.04. The fourth-order valence-corrected chi connectivity index (χ4v) is 2.80. The summed E-state index contributed by atoms with van der Waals surface area (Å²) < 4.78 is 16.7. The van der Waals surface area contributed by atoms with E-state index in [1.54, 1.807) is 12.1 Å². The van der Waals surface area contributed by atoms with E-state index >= 15 is 0 Å². The van der Waals surface area contributed by atoms with Crippen LogP contribution in [0.3, 0.4) is 0 Å². The topological polar surface area (TPSA) is 69.2 Å². The van der Waals surface area contributed by atoms with E-state index in [-0.39, 0.29) is 0 Å². The van der Waals surface area contributed by atoms with Gasteiger partial charge in [0.15, 0.2) is 11.5 Å². The number of hydrogen-bond donors (Lipinski definition) is 1. The van der Waals surface area contributed by atoms with Crippen LogP contribution < -0.4 is 14.9 Å². The molecule has 8 heteroatoms. The average Bonchev–Trinajstić information content (AvgIpc) is 2.62. The maximum Gasteiger partial charge on any atom is 0.427 e. The van der Waals surface area contributed by atoms with Crippen LogP contribution >= 0.6 is 27.5 Å². The zero-order valence-corrected chi connectivity index (χ0v) is 16.6. The summed E-state index contributed by atoms with van der Waals surface area (Å²) in [6.07, 6.45) is 0.826. The summed E-state index contributed by atoms with van der Waals surface area (Å²) >= 11 is 9.65. The van der Waals surface area contributed by atoms with Gasteiger partial charge in [-0.15, -0.1) is 0 Å². The van der Waals surface area contributed by atoms with E-state index in [1.807, 2.05) is 31.2 Å². The third-order valence-corrected chi connectivity index (χ3v) is 4.17. The van der Waals surface area contributed by atoms with E-state index < -0.39 is 6.09 Å². The molecule has 0 fully saturated rings. The lowest BCUT2D eigenvalue weighted by Gasteiger charge is -2.15. The van der Waals surface area contributed by atoms with Gasteiger partial charge in [0.1, 0.15) is 6.61 Å². The molecule has 0 aliphatic carbocycles. The van der Waals surface area contributed by atoms with Crippen molar-refractivity contribution in [1.29, 1.82) is 0 Å². The van der Waals surface area contributed by atoms with Gasteiger partial charge in [-0.25, -0.2) is 10.2 Å². The van der Waals surface area contributed by atoms with Crippen LogP contribution in [0.1, 0.15) is 18.1 Å². The Kier molecular flexibility index (Phi) is 7.74. The summed E-state index contributed by atoms with van der Waals surface area (Å²) in [6, 6.07) is 11.0. The normalized spacial score (nSPS) is 10.6. The van der Waals surface area contributed by atoms with Crippen LogP contribution in [0.5, 0.6) is 11.5 Å². The minimum Gasteiger partial charge on any atom is -0.490 e. The Labute approximate surface area is 165 Å². The van der Waals surface area contributed by atoms with E-state index in [0.29, 0.717) is 39.8 Å². The summed E-state index contributed by atoms with van der Waals surface area (Å²) in [5.74, 6) is 1.11. The Morgan fingerprint density at radius 2 is 2.08 bits per heavy atom. The predicted octanol–water partition coefficient (Wildman–Crippen LogP) is 4.77. The van der Waals surface area contributed by atoms with E-state index in [1.165, 1.54) is 13.3 Å². The van der Waals surface area contributed by atoms with Gasteiger partial charge >= 0.3 is 6.09 Å². The zero-order chi connectivity index (χ0) is 18.9. The highest BCUT2D eigenvalue weighted by Crippen LogP contribution is 2.37. The Bertz CT molecular complexity index is 799. The zero-order valence-electron chi connectivity index (χ0n) is 14.3. The Morgan fingerprint density at radius 3 is 2.77 bits per heavy atom. The Morgan fingerprint density at radius 1 is 1.31 bits per heavy atom. The standard InChI is InChI=1S/C18H18BrClN2O4/c1-3-25-16-9-12(10-21-22-18(23)24-2)8-14(19)17(16)26-11-13-6-4-5-7-15(13)20/h4-10H,3,11H2,1-2H3,(H,22,23)/b21-10+. The molecule has 0 saturated heterocycles. The highest BCUT2D eigenvalue weighted by Gasteiger charge is 2.13. The number of methoxy groups -OCH3 is 1. The van der Waals surface area contributed by atoms with Gasteiger partial charge in [0, 0.05) is 10.6 Å². The van der Waals surface area contributed by atoms with Gasteiger partial charge in [-0.1, -0.05) is 29.8 Å². The number of amides is 1. The van der Waals surface area contributed by atoms with E-state index in [4.69, 9.17) is 21.1 Å². The monoisotopic (exact) mass is 440 g/mol. The van der Waals surface area contributed by atoms with Gasteiger partial charge < -0.3 is 14.2 Å². The molecule has 138 valence electrons. The second-order valence-electron chi connectivity index (χ2n) is 5.00. The van der Waals surface area contributed by atoms with Gasteiger partial charge in [-0.3, -0.25) is 0 Å². The van der Waals surface area contributed by atoms with Gasteiger partial charge in [-0.2, -0.15) is 5.10 Å². The second kappa shape index (κ2) is 10.0.